The lowest BCUT2D eigenvalue weighted by Crippen LogP contribution is -2.27. The van der Waals surface area contributed by atoms with Crippen LogP contribution in [0.15, 0.2) is 98.9 Å². The van der Waals surface area contributed by atoms with Crippen LogP contribution in [0.25, 0.3) is 0 Å². The molecule has 3 aromatic carbocycles. The van der Waals surface area contributed by atoms with Crippen LogP contribution in [-0.2, 0) is 19.7 Å². The van der Waals surface area contributed by atoms with Crippen LogP contribution < -0.4 is 16.2 Å². The number of unbranched alkanes of at least 4 members (excludes halogenated alkanes) is 3. The van der Waals surface area contributed by atoms with E-state index in [9.17, 15) is 21.6 Å². The Kier molecular flexibility index (Phi) is 13.0. The van der Waals surface area contributed by atoms with Gasteiger partial charge in [0.15, 0.2) is 31.3 Å². The molecule has 0 saturated carbocycles. The van der Waals surface area contributed by atoms with E-state index < -0.39 is 19.7 Å². The van der Waals surface area contributed by atoms with Gasteiger partial charge in [-0.05, 0) is 79.9 Å². The van der Waals surface area contributed by atoms with Gasteiger partial charge in [-0.2, -0.15) is 20.2 Å². The summed E-state index contributed by atoms with van der Waals surface area (Å²) in [5.41, 5.74) is 9.69. The van der Waals surface area contributed by atoms with Gasteiger partial charge in [-0.25, -0.2) is 16.8 Å². The Labute approximate surface area is 300 Å². The third-order valence-corrected chi connectivity index (χ3v) is 10.1. The SMILES string of the molecule is CCCCCCN(C)C(=O)c1ccc(Nc2nc(NN=C(C)c3ccc(S(C)(=O)=O)cc3)cc(NN=C(C)c3ccc(S(C)(=O)=O)cc3)n2)cc1. The molecule has 3 N–H and O–H groups in total. The molecule has 0 saturated heterocycles. The van der Waals surface area contributed by atoms with Crippen molar-refractivity contribution in [3.05, 3.63) is 95.6 Å². The zero-order chi connectivity index (χ0) is 37.2. The smallest absolute Gasteiger partial charge is 0.253 e. The van der Waals surface area contributed by atoms with E-state index in [1.807, 2.05) is 7.05 Å². The maximum absolute atomic E-state index is 12.9. The molecule has 0 aliphatic carbocycles. The second-order valence-electron chi connectivity index (χ2n) is 12.2. The van der Waals surface area contributed by atoms with Crippen LogP contribution in [0.4, 0.5) is 23.3 Å². The lowest BCUT2D eigenvalue weighted by Gasteiger charge is -2.17. The second-order valence-corrected chi connectivity index (χ2v) is 16.2. The number of hydrazone groups is 2. The summed E-state index contributed by atoms with van der Waals surface area (Å²) in [6.07, 6.45) is 6.65. The molecule has 0 fully saturated rings. The summed E-state index contributed by atoms with van der Waals surface area (Å²) in [6.45, 7) is 6.40. The highest BCUT2D eigenvalue weighted by atomic mass is 32.2. The molecular formula is C36H44N8O5S2. The van der Waals surface area contributed by atoms with Crippen LogP contribution in [0, 0.1) is 0 Å². The van der Waals surface area contributed by atoms with Gasteiger partial charge in [0.2, 0.25) is 5.95 Å². The minimum absolute atomic E-state index is 0.0506. The average molecular weight is 733 g/mol. The predicted octanol–water partition coefficient (Wildman–Crippen LogP) is 6.35. The van der Waals surface area contributed by atoms with Crippen LogP contribution in [0.3, 0.4) is 0 Å². The Balaban J connectivity index is 1.56. The number of hydrogen-bond acceptors (Lipinski definition) is 12. The van der Waals surface area contributed by atoms with Gasteiger partial charge in [0, 0.05) is 43.4 Å². The number of nitrogens with zero attached hydrogens (tertiary/aromatic N) is 5. The number of anilines is 4. The quantitative estimate of drug-likeness (QED) is 0.0669. The van der Waals surface area contributed by atoms with Gasteiger partial charge in [-0.15, -0.1) is 0 Å². The molecule has 0 atom stereocenters. The van der Waals surface area contributed by atoms with Gasteiger partial charge in [0.1, 0.15) is 0 Å². The highest BCUT2D eigenvalue weighted by molar-refractivity contribution is 7.91. The number of hydrogen-bond donors (Lipinski definition) is 3. The summed E-state index contributed by atoms with van der Waals surface area (Å²) >= 11 is 0. The lowest BCUT2D eigenvalue weighted by molar-refractivity contribution is 0.0792. The van der Waals surface area contributed by atoms with Crippen LogP contribution in [0.1, 0.15) is 67.9 Å². The van der Waals surface area contributed by atoms with Crippen molar-refractivity contribution in [2.24, 2.45) is 10.2 Å². The molecule has 1 heterocycles. The molecule has 0 aliphatic rings. The summed E-state index contributed by atoms with van der Waals surface area (Å²) in [5, 5.41) is 12.0. The Bertz CT molecular complexity index is 1990. The maximum Gasteiger partial charge on any atom is 0.253 e. The first kappa shape index (κ1) is 38.6. The highest BCUT2D eigenvalue weighted by Gasteiger charge is 2.13. The molecule has 270 valence electrons. The molecule has 1 amide bonds. The fourth-order valence-corrected chi connectivity index (χ4v) is 6.10. The first-order valence-electron chi connectivity index (χ1n) is 16.4. The molecular weight excluding hydrogens is 689 g/mol. The highest BCUT2D eigenvalue weighted by Crippen LogP contribution is 2.21. The summed E-state index contributed by atoms with van der Waals surface area (Å²) in [4.78, 5) is 24.2. The number of sulfone groups is 2. The van der Waals surface area contributed by atoms with Crippen molar-refractivity contribution in [3.8, 4) is 0 Å². The van der Waals surface area contributed by atoms with Gasteiger partial charge >= 0.3 is 0 Å². The van der Waals surface area contributed by atoms with Gasteiger partial charge < -0.3 is 10.2 Å². The van der Waals surface area contributed by atoms with Crippen LogP contribution >= 0.6 is 0 Å². The number of amides is 1. The summed E-state index contributed by atoms with van der Waals surface area (Å²) < 4.78 is 47.4. The normalized spacial score (nSPS) is 12.4. The first-order valence-corrected chi connectivity index (χ1v) is 20.2. The zero-order valence-corrected chi connectivity index (χ0v) is 31.3. The third kappa shape index (κ3) is 11.4. The van der Waals surface area contributed by atoms with Crippen molar-refractivity contribution < 1.29 is 21.6 Å². The number of nitrogens with one attached hydrogen (secondary N) is 3. The van der Waals surface area contributed by atoms with Gasteiger partial charge in [-0.1, -0.05) is 50.5 Å². The number of rotatable bonds is 16. The second kappa shape index (κ2) is 17.2. The Morgan fingerprint density at radius 1 is 0.686 bits per heavy atom. The Morgan fingerprint density at radius 3 is 1.57 bits per heavy atom. The van der Waals surface area contributed by atoms with Crippen molar-refractivity contribution in [1.29, 1.82) is 0 Å². The molecule has 1 aromatic heterocycles. The number of carbonyl (C=O) groups is 1. The van der Waals surface area contributed by atoms with Gasteiger partial charge in [0.05, 0.1) is 21.2 Å². The third-order valence-electron chi connectivity index (χ3n) is 7.88. The van der Waals surface area contributed by atoms with Crippen LogP contribution in [0.2, 0.25) is 0 Å². The molecule has 51 heavy (non-hydrogen) atoms. The summed E-state index contributed by atoms with van der Waals surface area (Å²) in [6, 6.07) is 21.5. The Morgan fingerprint density at radius 2 is 1.14 bits per heavy atom. The van der Waals surface area contributed by atoms with Gasteiger partial charge in [0.25, 0.3) is 5.91 Å². The summed E-state index contributed by atoms with van der Waals surface area (Å²) in [5.74, 6) is 0.809. The average Bonchev–Trinajstić information content (AvgIpc) is 3.10. The topological polar surface area (TPSA) is 175 Å². The van der Waals surface area contributed by atoms with Crippen molar-refractivity contribution in [1.82, 2.24) is 14.9 Å². The minimum atomic E-state index is -3.33. The van der Waals surface area contributed by atoms with E-state index in [1.54, 1.807) is 73.3 Å². The largest absolute Gasteiger partial charge is 0.342 e. The lowest BCUT2D eigenvalue weighted by atomic mass is 10.1. The molecule has 13 nitrogen and oxygen atoms in total. The molecule has 15 heteroatoms. The molecule has 0 radical (unpaired) electrons. The van der Waals surface area contributed by atoms with Gasteiger partial charge in [-0.3, -0.25) is 15.6 Å². The number of benzene rings is 3. The zero-order valence-electron chi connectivity index (χ0n) is 29.6. The van der Waals surface area contributed by atoms with Crippen LogP contribution in [0.5, 0.6) is 0 Å². The van der Waals surface area contributed by atoms with Crippen LogP contribution in [-0.4, -0.2) is 75.1 Å². The molecule has 0 spiro atoms. The predicted molar refractivity (Wildman–Crippen MR) is 204 cm³/mol. The fourth-order valence-electron chi connectivity index (χ4n) is 4.84. The van der Waals surface area contributed by atoms with Crippen molar-refractivity contribution >= 4 is 60.3 Å². The van der Waals surface area contributed by atoms with E-state index in [1.165, 1.54) is 24.3 Å². The van der Waals surface area contributed by atoms with E-state index >= 15 is 0 Å². The Hall–Kier alpha value is -5.15. The number of carbonyl (C=O) groups excluding carboxylic acids is 1. The number of aromatic nitrogens is 2. The van der Waals surface area contributed by atoms with Crippen molar-refractivity contribution in [2.75, 3.05) is 42.3 Å². The molecule has 0 bridgehead atoms. The maximum atomic E-state index is 12.9. The van der Waals surface area contributed by atoms with Crippen molar-refractivity contribution in [3.63, 3.8) is 0 Å². The summed E-state index contributed by atoms with van der Waals surface area (Å²) in [7, 11) is -4.85. The van der Waals surface area contributed by atoms with E-state index in [4.69, 9.17) is 0 Å². The molecule has 4 aromatic rings. The van der Waals surface area contributed by atoms with E-state index in [-0.39, 0.29) is 21.6 Å². The van der Waals surface area contributed by atoms with E-state index in [2.05, 4.69) is 43.3 Å². The fraction of sp³-hybridized carbons (Fsp3) is 0.306. The molecule has 0 unspecified atom stereocenters. The van der Waals surface area contributed by atoms with E-state index in [0.29, 0.717) is 52.0 Å². The standard InChI is InChI=1S/C36H44N8O5S2/c1-7-8-9-10-23-44(4)35(45)29-11-17-30(18-12-29)37-36-38-33(42-40-25(2)27-13-19-31(20-14-27)50(5,46)47)24-34(39-36)43-41-26(3)28-15-21-32(22-16-28)51(6,48)49/h11-22,24H,7-10,23H2,1-6H3,(H3,37,38,39,42,43). The van der Waals surface area contributed by atoms with E-state index in [0.717, 1.165) is 38.2 Å². The first-order chi connectivity index (χ1) is 24.1. The minimum Gasteiger partial charge on any atom is -0.342 e. The molecule has 0 aliphatic heterocycles. The monoisotopic (exact) mass is 732 g/mol. The molecule has 4 rings (SSSR count). The van der Waals surface area contributed by atoms with Crippen molar-refractivity contribution in [2.45, 2.75) is 56.2 Å².